The summed E-state index contributed by atoms with van der Waals surface area (Å²) in [6.45, 7) is 17.2. The van der Waals surface area contributed by atoms with Gasteiger partial charge in [0.1, 0.15) is 0 Å². The van der Waals surface area contributed by atoms with Crippen LogP contribution >= 0.6 is 0 Å². The van der Waals surface area contributed by atoms with Crippen LogP contribution in [0, 0.1) is 11.3 Å². The molecular weight excluding hydrogens is 182 g/mol. The lowest BCUT2D eigenvalue weighted by molar-refractivity contribution is 0.203. The van der Waals surface area contributed by atoms with E-state index >= 15 is 0 Å². The third-order valence-electron chi connectivity index (χ3n) is 3.01. The van der Waals surface area contributed by atoms with Gasteiger partial charge >= 0.3 is 0 Å². The van der Waals surface area contributed by atoms with Crippen LogP contribution < -0.4 is 5.32 Å². The maximum Gasteiger partial charge on any atom is 0.00965 e. The lowest BCUT2D eigenvalue weighted by atomic mass is 9.76. The van der Waals surface area contributed by atoms with Gasteiger partial charge in [-0.15, -0.1) is 0 Å². The number of hydrogen-bond donors (Lipinski definition) is 1. The maximum atomic E-state index is 3.58. The first kappa shape index (κ1) is 15.0. The summed E-state index contributed by atoms with van der Waals surface area (Å²) in [7, 11) is 0. The number of rotatable bonds is 5. The minimum Gasteiger partial charge on any atom is -0.312 e. The molecule has 0 spiro atoms. The summed E-state index contributed by atoms with van der Waals surface area (Å²) in [4.78, 5) is 0. The SMILES string of the molecule is CCCC(CCNC(C)(C)C)C(C)(C)C. The fourth-order valence-electron chi connectivity index (χ4n) is 1.98. The molecular formula is C14H31N. The molecule has 0 bridgehead atoms. The summed E-state index contributed by atoms with van der Waals surface area (Å²) >= 11 is 0. The Bertz CT molecular complexity index is 159. The molecule has 1 unspecified atom stereocenters. The molecule has 0 rings (SSSR count). The first-order chi connectivity index (χ1) is 6.67. The van der Waals surface area contributed by atoms with Crippen molar-refractivity contribution >= 4 is 0 Å². The zero-order chi connectivity index (χ0) is 12.1. The first-order valence-corrected chi connectivity index (χ1v) is 6.42. The van der Waals surface area contributed by atoms with E-state index in [0.717, 1.165) is 12.5 Å². The molecule has 15 heavy (non-hydrogen) atoms. The second kappa shape index (κ2) is 5.89. The normalized spacial score (nSPS) is 15.4. The zero-order valence-electron chi connectivity index (χ0n) is 11.9. The van der Waals surface area contributed by atoms with E-state index in [9.17, 15) is 0 Å². The Hall–Kier alpha value is -0.0400. The summed E-state index contributed by atoms with van der Waals surface area (Å²) < 4.78 is 0. The third kappa shape index (κ3) is 7.84. The van der Waals surface area contributed by atoms with Crippen molar-refractivity contribution in [3.63, 3.8) is 0 Å². The topological polar surface area (TPSA) is 12.0 Å². The van der Waals surface area contributed by atoms with Crippen molar-refractivity contribution in [1.82, 2.24) is 5.32 Å². The van der Waals surface area contributed by atoms with E-state index in [1.807, 2.05) is 0 Å². The molecule has 1 atom stereocenters. The Morgan fingerprint density at radius 2 is 1.47 bits per heavy atom. The Morgan fingerprint density at radius 3 is 1.80 bits per heavy atom. The number of nitrogens with one attached hydrogen (secondary N) is 1. The highest BCUT2D eigenvalue weighted by Crippen LogP contribution is 2.32. The van der Waals surface area contributed by atoms with Gasteiger partial charge in [-0.05, 0) is 45.1 Å². The molecule has 0 aromatic heterocycles. The smallest absolute Gasteiger partial charge is 0.00965 e. The first-order valence-electron chi connectivity index (χ1n) is 6.42. The Labute approximate surface area is 97.0 Å². The van der Waals surface area contributed by atoms with Crippen LogP contribution in [-0.2, 0) is 0 Å². The standard InChI is InChI=1S/C14H31N/c1-8-9-12(13(2,3)4)10-11-15-14(5,6)7/h12,15H,8-11H2,1-7H3. The Kier molecular flexibility index (Phi) is 5.87. The minimum absolute atomic E-state index is 0.259. The van der Waals surface area contributed by atoms with Gasteiger partial charge in [0.15, 0.2) is 0 Å². The van der Waals surface area contributed by atoms with Crippen LogP contribution in [0.2, 0.25) is 0 Å². The quantitative estimate of drug-likeness (QED) is 0.721. The van der Waals surface area contributed by atoms with Gasteiger partial charge in [0.05, 0.1) is 0 Å². The molecule has 0 aromatic rings. The second-order valence-corrected chi connectivity index (χ2v) is 6.82. The van der Waals surface area contributed by atoms with Crippen LogP contribution in [0.5, 0.6) is 0 Å². The third-order valence-corrected chi connectivity index (χ3v) is 3.01. The Balaban J connectivity index is 3.98. The molecule has 1 nitrogen and oxygen atoms in total. The summed E-state index contributed by atoms with van der Waals surface area (Å²) in [5.41, 5.74) is 0.713. The molecule has 0 aliphatic heterocycles. The van der Waals surface area contributed by atoms with Crippen molar-refractivity contribution in [3.05, 3.63) is 0 Å². The van der Waals surface area contributed by atoms with E-state index in [0.29, 0.717) is 5.41 Å². The van der Waals surface area contributed by atoms with Crippen molar-refractivity contribution in [1.29, 1.82) is 0 Å². The van der Waals surface area contributed by atoms with Crippen LogP contribution in [0.25, 0.3) is 0 Å². The fourth-order valence-corrected chi connectivity index (χ4v) is 1.98. The molecule has 0 fully saturated rings. The van der Waals surface area contributed by atoms with E-state index in [1.54, 1.807) is 0 Å². The zero-order valence-corrected chi connectivity index (χ0v) is 11.9. The molecule has 0 saturated carbocycles. The molecule has 0 saturated heterocycles. The predicted molar refractivity (Wildman–Crippen MR) is 70.2 cm³/mol. The predicted octanol–water partition coefficient (Wildman–Crippen LogP) is 4.23. The lowest BCUT2D eigenvalue weighted by Crippen LogP contribution is -2.38. The van der Waals surface area contributed by atoms with Gasteiger partial charge in [-0.3, -0.25) is 0 Å². The lowest BCUT2D eigenvalue weighted by Gasteiger charge is -2.32. The van der Waals surface area contributed by atoms with Crippen molar-refractivity contribution in [2.24, 2.45) is 11.3 Å². The Morgan fingerprint density at radius 1 is 0.933 bits per heavy atom. The van der Waals surface area contributed by atoms with E-state index in [2.05, 4.69) is 53.8 Å². The molecule has 1 N–H and O–H groups in total. The maximum absolute atomic E-state index is 3.58. The van der Waals surface area contributed by atoms with Gasteiger partial charge in [0.25, 0.3) is 0 Å². The molecule has 1 heteroatoms. The molecule has 0 heterocycles. The molecule has 0 radical (unpaired) electrons. The highest BCUT2D eigenvalue weighted by Gasteiger charge is 2.23. The summed E-state index contributed by atoms with van der Waals surface area (Å²) in [5.74, 6) is 0.845. The van der Waals surface area contributed by atoms with Crippen molar-refractivity contribution in [3.8, 4) is 0 Å². The molecule has 0 aromatic carbocycles. The fraction of sp³-hybridized carbons (Fsp3) is 1.00. The molecule has 92 valence electrons. The van der Waals surface area contributed by atoms with Gasteiger partial charge < -0.3 is 5.32 Å². The molecule has 0 aliphatic carbocycles. The van der Waals surface area contributed by atoms with Gasteiger partial charge in [0.2, 0.25) is 0 Å². The molecule has 0 aliphatic rings. The monoisotopic (exact) mass is 213 g/mol. The van der Waals surface area contributed by atoms with Crippen molar-refractivity contribution in [2.75, 3.05) is 6.54 Å². The van der Waals surface area contributed by atoms with Gasteiger partial charge in [0, 0.05) is 5.54 Å². The largest absolute Gasteiger partial charge is 0.312 e. The highest BCUT2D eigenvalue weighted by atomic mass is 14.9. The second-order valence-electron chi connectivity index (χ2n) is 6.82. The highest BCUT2D eigenvalue weighted by molar-refractivity contribution is 4.77. The van der Waals surface area contributed by atoms with Gasteiger partial charge in [-0.2, -0.15) is 0 Å². The van der Waals surface area contributed by atoms with E-state index in [4.69, 9.17) is 0 Å². The minimum atomic E-state index is 0.259. The van der Waals surface area contributed by atoms with Crippen LogP contribution in [0.1, 0.15) is 67.7 Å². The van der Waals surface area contributed by atoms with Crippen molar-refractivity contribution in [2.45, 2.75) is 73.3 Å². The van der Waals surface area contributed by atoms with Crippen LogP contribution in [0.4, 0.5) is 0 Å². The van der Waals surface area contributed by atoms with Gasteiger partial charge in [-0.25, -0.2) is 0 Å². The van der Waals surface area contributed by atoms with Crippen LogP contribution in [0.15, 0.2) is 0 Å². The van der Waals surface area contributed by atoms with Crippen LogP contribution in [0.3, 0.4) is 0 Å². The molecule has 0 amide bonds. The van der Waals surface area contributed by atoms with Crippen LogP contribution in [-0.4, -0.2) is 12.1 Å². The average molecular weight is 213 g/mol. The average Bonchev–Trinajstić information content (AvgIpc) is 1.98. The van der Waals surface area contributed by atoms with Crippen molar-refractivity contribution < 1.29 is 0 Å². The van der Waals surface area contributed by atoms with E-state index < -0.39 is 0 Å². The summed E-state index contributed by atoms with van der Waals surface area (Å²) in [5, 5.41) is 3.58. The van der Waals surface area contributed by atoms with E-state index in [-0.39, 0.29) is 5.54 Å². The number of hydrogen-bond acceptors (Lipinski definition) is 1. The van der Waals surface area contributed by atoms with E-state index in [1.165, 1.54) is 19.3 Å². The summed E-state index contributed by atoms with van der Waals surface area (Å²) in [6.07, 6.45) is 3.96. The van der Waals surface area contributed by atoms with Gasteiger partial charge in [-0.1, -0.05) is 40.5 Å². The summed E-state index contributed by atoms with van der Waals surface area (Å²) in [6, 6.07) is 0.